The molecule has 160 valence electrons. The van der Waals surface area contributed by atoms with Gasteiger partial charge < -0.3 is 15.3 Å². The molecule has 1 amide bonds. The second-order valence-electron chi connectivity index (χ2n) is 7.88. The highest BCUT2D eigenvalue weighted by atomic mass is 35.5. The number of nitrogens with zero attached hydrogens (tertiary/aromatic N) is 2. The van der Waals surface area contributed by atoms with Gasteiger partial charge in [-0.05, 0) is 43.3 Å². The van der Waals surface area contributed by atoms with Crippen LogP contribution < -0.4 is 5.32 Å². The largest absolute Gasteiger partial charge is 0.387 e. The average Bonchev–Trinajstić information content (AvgIpc) is 2.69. The van der Waals surface area contributed by atoms with Crippen molar-refractivity contribution in [2.45, 2.75) is 32.3 Å². The SMILES string of the molecule is CC(CC(=O)N1CCN(CC(O)c2ccccc2)CC1)C1CCNCC1.Cl.Cl. The lowest BCUT2D eigenvalue weighted by Gasteiger charge is -2.37. The molecule has 7 heteroatoms. The molecule has 2 unspecified atom stereocenters. The summed E-state index contributed by atoms with van der Waals surface area (Å²) in [6.45, 7) is 8.29. The maximum atomic E-state index is 12.6. The van der Waals surface area contributed by atoms with E-state index in [1.165, 1.54) is 12.8 Å². The van der Waals surface area contributed by atoms with Gasteiger partial charge in [0.15, 0.2) is 0 Å². The molecule has 0 spiro atoms. The number of hydrogen-bond donors (Lipinski definition) is 2. The number of amides is 1. The van der Waals surface area contributed by atoms with Crippen LogP contribution in [0.3, 0.4) is 0 Å². The molecule has 2 aliphatic rings. The summed E-state index contributed by atoms with van der Waals surface area (Å²) >= 11 is 0. The molecule has 28 heavy (non-hydrogen) atoms. The first-order valence-corrected chi connectivity index (χ1v) is 10.1. The van der Waals surface area contributed by atoms with Crippen molar-refractivity contribution in [2.24, 2.45) is 11.8 Å². The van der Waals surface area contributed by atoms with Crippen molar-refractivity contribution < 1.29 is 9.90 Å². The van der Waals surface area contributed by atoms with E-state index in [4.69, 9.17) is 0 Å². The molecule has 1 aromatic carbocycles. The molecule has 2 aliphatic heterocycles. The molecular formula is C21H35Cl2N3O2. The Balaban J connectivity index is 0.00000196. The predicted molar refractivity (Wildman–Crippen MR) is 118 cm³/mol. The van der Waals surface area contributed by atoms with Crippen molar-refractivity contribution in [3.63, 3.8) is 0 Å². The normalized spacial score (nSPS) is 20.6. The Kier molecular flexibility index (Phi) is 11.4. The molecule has 3 rings (SSSR count). The lowest BCUT2D eigenvalue weighted by molar-refractivity contribution is -0.134. The summed E-state index contributed by atoms with van der Waals surface area (Å²) in [6, 6.07) is 9.81. The van der Waals surface area contributed by atoms with Crippen LogP contribution in [-0.4, -0.2) is 66.6 Å². The molecule has 2 fully saturated rings. The van der Waals surface area contributed by atoms with Crippen molar-refractivity contribution in [2.75, 3.05) is 45.8 Å². The zero-order valence-electron chi connectivity index (χ0n) is 16.8. The minimum Gasteiger partial charge on any atom is -0.387 e. The van der Waals surface area contributed by atoms with E-state index in [2.05, 4.69) is 17.1 Å². The fourth-order valence-electron chi connectivity index (χ4n) is 4.19. The van der Waals surface area contributed by atoms with Crippen molar-refractivity contribution >= 4 is 30.7 Å². The van der Waals surface area contributed by atoms with Crippen LogP contribution in [0.5, 0.6) is 0 Å². The van der Waals surface area contributed by atoms with Crippen LogP contribution in [0.1, 0.15) is 37.9 Å². The molecule has 2 heterocycles. The van der Waals surface area contributed by atoms with Gasteiger partial charge in [-0.15, -0.1) is 24.8 Å². The molecule has 2 atom stereocenters. The highest BCUT2D eigenvalue weighted by Crippen LogP contribution is 2.25. The molecular weight excluding hydrogens is 397 g/mol. The number of piperidine rings is 1. The van der Waals surface area contributed by atoms with Crippen LogP contribution in [0.15, 0.2) is 30.3 Å². The summed E-state index contributed by atoms with van der Waals surface area (Å²) in [7, 11) is 0. The van der Waals surface area contributed by atoms with E-state index in [-0.39, 0.29) is 24.8 Å². The van der Waals surface area contributed by atoms with Gasteiger partial charge in [-0.3, -0.25) is 9.69 Å². The second-order valence-corrected chi connectivity index (χ2v) is 7.88. The quantitative estimate of drug-likeness (QED) is 0.726. The number of nitrogens with one attached hydrogen (secondary N) is 1. The number of β-amino-alcohol motifs (C(OH)–C–C–N with tert-alkyl or cyclic N) is 1. The highest BCUT2D eigenvalue weighted by Gasteiger charge is 2.27. The Labute approximate surface area is 181 Å². The number of aliphatic hydroxyl groups is 1. The van der Waals surface area contributed by atoms with E-state index in [0.717, 1.165) is 44.8 Å². The number of rotatable bonds is 6. The molecule has 0 radical (unpaired) electrons. The number of hydrogen-bond acceptors (Lipinski definition) is 4. The van der Waals surface area contributed by atoms with Gasteiger partial charge in [0.2, 0.25) is 5.91 Å². The maximum Gasteiger partial charge on any atom is 0.222 e. The molecule has 0 aromatic heterocycles. The summed E-state index contributed by atoms with van der Waals surface area (Å²) in [4.78, 5) is 16.9. The van der Waals surface area contributed by atoms with Crippen molar-refractivity contribution in [3.05, 3.63) is 35.9 Å². The standard InChI is InChI=1S/C21H33N3O2.2ClH/c1-17(18-7-9-22-10-8-18)15-21(26)24-13-11-23(12-14-24)16-20(25)19-5-3-2-4-6-19;;/h2-6,17-18,20,22,25H,7-16H2,1H3;2*1H. The van der Waals surface area contributed by atoms with E-state index in [1.54, 1.807) is 0 Å². The molecule has 5 nitrogen and oxygen atoms in total. The smallest absolute Gasteiger partial charge is 0.222 e. The Morgan fingerprint density at radius 3 is 2.32 bits per heavy atom. The van der Waals surface area contributed by atoms with Crippen LogP contribution >= 0.6 is 24.8 Å². The first-order chi connectivity index (χ1) is 12.6. The summed E-state index contributed by atoms with van der Waals surface area (Å²) in [5.74, 6) is 1.46. The van der Waals surface area contributed by atoms with Crippen molar-refractivity contribution in [1.29, 1.82) is 0 Å². The Morgan fingerprint density at radius 2 is 1.71 bits per heavy atom. The molecule has 1 aromatic rings. The second kappa shape index (κ2) is 12.7. The zero-order valence-corrected chi connectivity index (χ0v) is 18.4. The topological polar surface area (TPSA) is 55.8 Å². The van der Waals surface area contributed by atoms with Crippen molar-refractivity contribution in [1.82, 2.24) is 15.1 Å². The van der Waals surface area contributed by atoms with Gasteiger partial charge in [-0.25, -0.2) is 0 Å². The van der Waals surface area contributed by atoms with Gasteiger partial charge in [-0.1, -0.05) is 37.3 Å². The third kappa shape index (κ3) is 7.20. The third-order valence-electron chi connectivity index (χ3n) is 6.03. The van der Waals surface area contributed by atoms with Gasteiger partial charge in [0, 0.05) is 39.1 Å². The van der Waals surface area contributed by atoms with E-state index >= 15 is 0 Å². The predicted octanol–water partition coefficient (Wildman–Crippen LogP) is 2.73. The van der Waals surface area contributed by atoms with E-state index in [0.29, 0.717) is 30.7 Å². The summed E-state index contributed by atoms with van der Waals surface area (Å²) in [5.41, 5.74) is 0.960. The molecule has 2 N–H and O–H groups in total. The van der Waals surface area contributed by atoms with Crippen LogP contribution in [0.2, 0.25) is 0 Å². The third-order valence-corrected chi connectivity index (χ3v) is 6.03. The average molecular weight is 432 g/mol. The monoisotopic (exact) mass is 431 g/mol. The van der Waals surface area contributed by atoms with Gasteiger partial charge >= 0.3 is 0 Å². The molecule has 0 saturated carbocycles. The lowest BCUT2D eigenvalue weighted by atomic mass is 9.84. The summed E-state index contributed by atoms with van der Waals surface area (Å²) in [5, 5.41) is 13.8. The zero-order chi connectivity index (χ0) is 18.4. The fraction of sp³-hybridized carbons (Fsp3) is 0.667. The minimum absolute atomic E-state index is 0. The number of carbonyl (C=O) groups is 1. The first-order valence-electron chi connectivity index (χ1n) is 10.1. The minimum atomic E-state index is -0.460. The van der Waals surface area contributed by atoms with E-state index < -0.39 is 6.10 Å². The van der Waals surface area contributed by atoms with Gasteiger partial charge in [0.1, 0.15) is 0 Å². The number of benzene rings is 1. The number of aliphatic hydroxyl groups excluding tert-OH is 1. The summed E-state index contributed by atoms with van der Waals surface area (Å²) in [6.07, 6.45) is 2.61. The molecule has 2 saturated heterocycles. The number of halogens is 2. The number of piperazine rings is 1. The molecule has 0 bridgehead atoms. The fourth-order valence-corrected chi connectivity index (χ4v) is 4.19. The van der Waals surface area contributed by atoms with Gasteiger partial charge in [0.05, 0.1) is 6.10 Å². The Morgan fingerprint density at radius 1 is 1.11 bits per heavy atom. The Bertz CT molecular complexity index is 562. The molecule has 0 aliphatic carbocycles. The highest BCUT2D eigenvalue weighted by molar-refractivity contribution is 5.85. The van der Waals surface area contributed by atoms with Gasteiger partial charge in [0.25, 0.3) is 0 Å². The maximum absolute atomic E-state index is 12.6. The lowest BCUT2D eigenvalue weighted by Crippen LogP contribution is -2.50. The van der Waals surface area contributed by atoms with Crippen LogP contribution in [0.4, 0.5) is 0 Å². The first kappa shape index (κ1) is 25.2. The van der Waals surface area contributed by atoms with Gasteiger partial charge in [-0.2, -0.15) is 0 Å². The van der Waals surface area contributed by atoms with Crippen molar-refractivity contribution in [3.8, 4) is 0 Å². The van der Waals surface area contributed by atoms with Crippen LogP contribution in [0.25, 0.3) is 0 Å². The van der Waals surface area contributed by atoms with E-state index in [1.807, 2.05) is 35.2 Å². The van der Waals surface area contributed by atoms with Crippen LogP contribution in [0, 0.1) is 11.8 Å². The van der Waals surface area contributed by atoms with Crippen LogP contribution in [-0.2, 0) is 4.79 Å². The summed E-state index contributed by atoms with van der Waals surface area (Å²) < 4.78 is 0. The van der Waals surface area contributed by atoms with E-state index in [9.17, 15) is 9.90 Å². The Hall–Kier alpha value is -0.850. The number of carbonyl (C=O) groups excluding carboxylic acids is 1.